The third-order valence-electron chi connectivity index (χ3n) is 2.99. The van der Waals surface area contributed by atoms with Crippen LogP contribution in [0.2, 0.25) is 0 Å². The molecule has 1 aromatic carbocycles. The summed E-state index contributed by atoms with van der Waals surface area (Å²) in [6.07, 6.45) is 4.24. The van der Waals surface area contributed by atoms with E-state index in [0.717, 1.165) is 31.2 Å². The van der Waals surface area contributed by atoms with Crippen molar-refractivity contribution in [1.29, 1.82) is 0 Å². The molecular weight excluding hydrogens is 221 g/mol. The predicted octanol–water partition coefficient (Wildman–Crippen LogP) is 2.74. The minimum Gasteiger partial charge on any atom is -0.270 e. The molecule has 1 fully saturated rings. The lowest BCUT2D eigenvalue weighted by Gasteiger charge is -2.11. The number of hydrogen-bond acceptors (Lipinski definition) is 2. The fourth-order valence-corrected chi connectivity index (χ4v) is 2.00. The minimum absolute atomic E-state index is 0.0218. The van der Waals surface area contributed by atoms with Crippen molar-refractivity contribution in [3.05, 3.63) is 35.1 Å². The first-order valence-corrected chi connectivity index (χ1v) is 5.89. The van der Waals surface area contributed by atoms with Gasteiger partial charge >= 0.3 is 0 Å². The number of hydroxylamine groups is 1. The molecule has 3 nitrogen and oxygen atoms in total. The number of carbonyl (C=O) groups excluding carboxylic acids is 1. The smallest absolute Gasteiger partial charge is 0.270 e. The first-order valence-electron chi connectivity index (χ1n) is 5.89. The van der Waals surface area contributed by atoms with Gasteiger partial charge in [-0.2, -0.15) is 0 Å². The Hall–Kier alpha value is -1.42. The summed E-state index contributed by atoms with van der Waals surface area (Å²) in [7, 11) is 0. The molecule has 1 N–H and O–H groups in total. The van der Waals surface area contributed by atoms with Crippen LogP contribution < -0.4 is 5.48 Å². The normalized spacial score (nSPS) is 16.1. The van der Waals surface area contributed by atoms with Crippen LogP contribution in [-0.4, -0.2) is 12.0 Å². The predicted molar refractivity (Wildman–Crippen MR) is 61.9 cm³/mol. The lowest BCUT2D eigenvalue weighted by Crippen LogP contribution is -2.29. The van der Waals surface area contributed by atoms with E-state index >= 15 is 0 Å². The second kappa shape index (κ2) is 5.27. The van der Waals surface area contributed by atoms with Gasteiger partial charge in [0.15, 0.2) is 0 Å². The molecule has 1 saturated carbocycles. The highest BCUT2D eigenvalue weighted by molar-refractivity contribution is 5.93. The van der Waals surface area contributed by atoms with E-state index in [1.165, 1.54) is 12.1 Å². The molecule has 0 bridgehead atoms. The molecule has 1 aromatic rings. The van der Waals surface area contributed by atoms with E-state index < -0.39 is 11.7 Å². The van der Waals surface area contributed by atoms with Crippen LogP contribution in [0.25, 0.3) is 0 Å². The number of amides is 1. The molecule has 92 valence electrons. The van der Waals surface area contributed by atoms with Crippen molar-refractivity contribution in [1.82, 2.24) is 5.48 Å². The van der Waals surface area contributed by atoms with Gasteiger partial charge in [-0.3, -0.25) is 9.63 Å². The maximum atomic E-state index is 13.5. The van der Waals surface area contributed by atoms with Gasteiger partial charge in [-0.15, -0.1) is 0 Å². The van der Waals surface area contributed by atoms with Crippen LogP contribution in [0, 0.1) is 12.7 Å². The van der Waals surface area contributed by atoms with E-state index in [1.807, 2.05) is 0 Å². The van der Waals surface area contributed by atoms with Crippen LogP contribution in [-0.2, 0) is 4.84 Å². The van der Waals surface area contributed by atoms with Crippen LogP contribution >= 0.6 is 0 Å². The molecule has 0 saturated heterocycles. The molecule has 0 atom stereocenters. The summed E-state index contributed by atoms with van der Waals surface area (Å²) < 4.78 is 13.5. The van der Waals surface area contributed by atoms with Crippen molar-refractivity contribution in [3.63, 3.8) is 0 Å². The Balaban J connectivity index is 1.94. The average Bonchev–Trinajstić information content (AvgIpc) is 2.78. The first kappa shape index (κ1) is 12.0. The van der Waals surface area contributed by atoms with Crippen LogP contribution in [0.1, 0.15) is 41.6 Å². The maximum Gasteiger partial charge on any atom is 0.277 e. The van der Waals surface area contributed by atoms with E-state index in [4.69, 9.17) is 4.84 Å². The highest BCUT2D eigenvalue weighted by Crippen LogP contribution is 2.20. The molecule has 2 rings (SSSR count). The SMILES string of the molecule is Cc1ccc(C(=O)NOC2CCCC2)c(F)c1. The summed E-state index contributed by atoms with van der Waals surface area (Å²) in [5.74, 6) is -1.04. The van der Waals surface area contributed by atoms with E-state index in [1.54, 1.807) is 13.0 Å². The van der Waals surface area contributed by atoms with E-state index in [2.05, 4.69) is 5.48 Å². The molecule has 17 heavy (non-hydrogen) atoms. The van der Waals surface area contributed by atoms with Crippen molar-refractivity contribution in [2.75, 3.05) is 0 Å². The molecule has 1 aliphatic rings. The van der Waals surface area contributed by atoms with Gasteiger partial charge in [-0.05, 0) is 37.5 Å². The molecule has 0 aliphatic heterocycles. The summed E-state index contributed by atoms with van der Waals surface area (Å²) >= 11 is 0. The second-order valence-electron chi connectivity index (χ2n) is 4.44. The third kappa shape index (κ3) is 3.03. The number of aryl methyl sites for hydroxylation is 1. The second-order valence-corrected chi connectivity index (χ2v) is 4.44. The number of hydrogen-bond donors (Lipinski definition) is 1. The van der Waals surface area contributed by atoms with E-state index in [-0.39, 0.29) is 11.7 Å². The van der Waals surface area contributed by atoms with Gasteiger partial charge in [-0.25, -0.2) is 9.87 Å². The van der Waals surface area contributed by atoms with Crippen LogP contribution in [0.5, 0.6) is 0 Å². The van der Waals surface area contributed by atoms with Gasteiger partial charge in [-0.1, -0.05) is 18.9 Å². The van der Waals surface area contributed by atoms with Crippen molar-refractivity contribution in [2.24, 2.45) is 0 Å². The Bertz CT molecular complexity index is 414. The summed E-state index contributed by atoms with van der Waals surface area (Å²) in [4.78, 5) is 16.9. The van der Waals surface area contributed by atoms with Crippen molar-refractivity contribution >= 4 is 5.91 Å². The Morgan fingerprint density at radius 3 is 2.76 bits per heavy atom. The number of benzene rings is 1. The molecule has 4 heteroatoms. The molecule has 0 heterocycles. The zero-order valence-corrected chi connectivity index (χ0v) is 9.83. The summed E-state index contributed by atoms with van der Waals surface area (Å²) in [6, 6.07) is 4.51. The summed E-state index contributed by atoms with van der Waals surface area (Å²) in [5, 5.41) is 0. The fraction of sp³-hybridized carbons (Fsp3) is 0.462. The molecule has 0 aromatic heterocycles. The van der Waals surface area contributed by atoms with Crippen LogP contribution in [0.15, 0.2) is 18.2 Å². The number of nitrogens with one attached hydrogen (secondary N) is 1. The molecule has 1 aliphatic carbocycles. The highest BCUT2D eigenvalue weighted by Gasteiger charge is 2.18. The number of halogens is 1. The standard InChI is InChI=1S/C13H16FNO2/c1-9-6-7-11(12(14)8-9)13(16)15-17-10-4-2-3-5-10/h6-8,10H,2-5H2,1H3,(H,15,16). The Morgan fingerprint density at radius 1 is 1.41 bits per heavy atom. The van der Waals surface area contributed by atoms with Gasteiger partial charge in [0.25, 0.3) is 5.91 Å². The molecule has 1 amide bonds. The first-order chi connectivity index (χ1) is 8.16. The Morgan fingerprint density at radius 2 is 2.12 bits per heavy atom. The average molecular weight is 237 g/mol. The zero-order valence-electron chi connectivity index (χ0n) is 9.83. The molecule has 0 unspecified atom stereocenters. The van der Waals surface area contributed by atoms with Gasteiger partial charge in [0.2, 0.25) is 0 Å². The molecular formula is C13H16FNO2. The van der Waals surface area contributed by atoms with Gasteiger partial charge in [0, 0.05) is 0 Å². The summed E-state index contributed by atoms with van der Waals surface area (Å²) in [5.41, 5.74) is 3.13. The third-order valence-corrected chi connectivity index (χ3v) is 2.99. The van der Waals surface area contributed by atoms with Crippen LogP contribution in [0.3, 0.4) is 0 Å². The van der Waals surface area contributed by atoms with E-state index in [9.17, 15) is 9.18 Å². The van der Waals surface area contributed by atoms with E-state index in [0.29, 0.717) is 0 Å². The van der Waals surface area contributed by atoms with Gasteiger partial charge in [0.05, 0.1) is 11.7 Å². The Labute approximate surface area is 99.9 Å². The maximum absolute atomic E-state index is 13.5. The lowest BCUT2D eigenvalue weighted by molar-refractivity contribution is -0.0127. The zero-order chi connectivity index (χ0) is 12.3. The number of rotatable bonds is 3. The lowest BCUT2D eigenvalue weighted by atomic mass is 10.1. The van der Waals surface area contributed by atoms with Gasteiger partial charge in [0.1, 0.15) is 5.82 Å². The fourth-order valence-electron chi connectivity index (χ4n) is 2.00. The van der Waals surface area contributed by atoms with Crippen molar-refractivity contribution < 1.29 is 14.0 Å². The minimum atomic E-state index is -0.519. The Kier molecular flexibility index (Phi) is 3.74. The topological polar surface area (TPSA) is 38.3 Å². The van der Waals surface area contributed by atoms with Gasteiger partial charge < -0.3 is 0 Å². The largest absolute Gasteiger partial charge is 0.277 e. The monoisotopic (exact) mass is 237 g/mol. The van der Waals surface area contributed by atoms with Crippen molar-refractivity contribution in [2.45, 2.75) is 38.7 Å². The van der Waals surface area contributed by atoms with Crippen molar-refractivity contribution in [3.8, 4) is 0 Å². The quantitative estimate of drug-likeness (QED) is 0.821. The molecule has 0 radical (unpaired) electrons. The number of carbonyl (C=O) groups is 1. The summed E-state index contributed by atoms with van der Waals surface area (Å²) in [6.45, 7) is 1.78. The van der Waals surface area contributed by atoms with Crippen LogP contribution in [0.4, 0.5) is 4.39 Å². The molecule has 0 spiro atoms. The highest BCUT2D eigenvalue weighted by atomic mass is 19.1.